The largest absolute Gasteiger partial charge is 0.435 e. The second kappa shape index (κ2) is 10.9. The van der Waals surface area contributed by atoms with Crippen molar-refractivity contribution in [3.8, 4) is 11.5 Å². The van der Waals surface area contributed by atoms with E-state index in [0.717, 1.165) is 24.3 Å². The zero-order chi connectivity index (χ0) is 22.3. The minimum atomic E-state index is -3.53. The average molecular weight is 439 g/mol. The quantitative estimate of drug-likeness (QED) is 0.274. The Morgan fingerprint density at radius 2 is 1.48 bits per heavy atom. The molecule has 0 amide bonds. The van der Waals surface area contributed by atoms with Gasteiger partial charge < -0.3 is 9.47 Å². The topological polar surface area (TPSA) is 18.5 Å². The zero-order valence-electron chi connectivity index (χ0n) is 17.8. The van der Waals surface area contributed by atoms with Crippen LogP contribution in [0.4, 0.5) is 17.6 Å². The molecule has 2 nitrogen and oxygen atoms in total. The van der Waals surface area contributed by atoms with Crippen molar-refractivity contribution in [3.63, 3.8) is 0 Å². The van der Waals surface area contributed by atoms with Gasteiger partial charge in [0.2, 0.25) is 0 Å². The van der Waals surface area contributed by atoms with Gasteiger partial charge in [0, 0.05) is 0 Å². The molecule has 0 aromatic heterocycles. The third kappa shape index (κ3) is 6.88. The van der Waals surface area contributed by atoms with E-state index in [-0.39, 0.29) is 17.1 Å². The number of rotatable bonds is 10. The lowest BCUT2D eigenvalue weighted by molar-refractivity contribution is -0.185. The first-order chi connectivity index (χ1) is 14.9. The van der Waals surface area contributed by atoms with E-state index in [1.165, 1.54) is 74.9 Å². The summed E-state index contributed by atoms with van der Waals surface area (Å²) in [5, 5.41) is 0. The van der Waals surface area contributed by atoms with Crippen molar-refractivity contribution in [2.75, 3.05) is 0 Å². The molecule has 1 saturated carbocycles. The van der Waals surface area contributed by atoms with E-state index in [9.17, 15) is 17.6 Å². The summed E-state index contributed by atoms with van der Waals surface area (Å²) in [5.74, 6) is 0.984. The fraction of sp³-hybridized carbons (Fsp3) is 0.520. The van der Waals surface area contributed by atoms with Crippen LogP contribution in [-0.4, -0.2) is 6.61 Å². The first kappa shape index (κ1) is 23.4. The van der Waals surface area contributed by atoms with Gasteiger partial charge in [-0.1, -0.05) is 44.7 Å². The molecule has 1 aliphatic rings. The molecule has 0 heterocycles. The van der Waals surface area contributed by atoms with E-state index < -0.39 is 12.7 Å². The van der Waals surface area contributed by atoms with Crippen LogP contribution >= 0.6 is 0 Å². The van der Waals surface area contributed by atoms with Gasteiger partial charge in [0.1, 0.15) is 11.5 Å². The summed E-state index contributed by atoms with van der Waals surface area (Å²) >= 11 is 0. The van der Waals surface area contributed by atoms with Crippen molar-refractivity contribution < 1.29 is 27.0 Å². The lowest BCUT2D eigenvalue weighted by atomic mass is 9.77. The molecule has 6 heteroatoms. The maximum absolute atomic E-state index is 14.6. The fourth-order valence-electron chi connectivity index (χ4n) is 4.31. The third-order valence-electron chi connectivity index (χ3n) is 6.08. The molecular weight excluding hydrogens is 408 g/mol. The van der Waals surface area contributed by atoms with Crippen LogP contribution < -0.4 is 9.47 Å². The Balaban J connectivity index is 1.55. The van der Waals surface area contributed by atoms with Gasteiger partial charge >= 0.3 is 12.7 Å². The van der Waals surface area contributed by atoms with Crippen LogP contribution in [0.3, 0.4) is 0 Å². The number of hydrogen-bond acceptors (Lipinski definition) is 2. The minimum absolute atomic E-state index is 0.116. The molecule has 0 spiro atoms. The average Bonchev–Trinajstić information content (AvgIpc) is 2.75. The lowest BCUT2D eigenvalue weighted by Crippen LogP contribution is -2.22. The molecule has 0 atom stereocenters. The number of halogens is 4. The summed E-state index contributed by atoms with van der Waals surface area (Å²) in [6.45, 7) is -0.751. The summed E-state index contributed by atoms with van der Waals surface area (Å²) < 4.78 is 62.5. The predicted molar refractivity (Wildman–Crippen MR) is 113 cm³/mol. The number of benzene rings is 2. The Hall–Kier alpha value is -2.24. The molecule has 1 fully saturated rings. The van der Waals surface area contributed by atoms with Crippen LogP contribution in [0.5, 0.6) is 11.5 Å². The van der Waals surface area contributed by atoms with Crippen LogP contribution in [-0.2, 0) is 6.11 Å². The zero-order valence-corrected chi connectivity index (χ0v) is 17.8. The van der Waals surface area contributed by atoms with E-state index in [2.05, 4.69) is 11.7 Å². The monoisotopic (exact) mass is 438 g/mol. The Kier molecular flexibility index (Phi) is 8.22. The van der Waals surface area contributed by atoms with E-state index in [1.807, 2.05) is 0 Å². The van der Waals surface area contributed by atoms with Crippen molar-refractivity contribution >= 4 is 0 Å². The van der Waals surface area contributed by atoms with Crippen molar-refractivity contribution in [2.45, 2.75) is 76.9 Å². The highest BCUT2D eigenvalue weighted by Crippen LogP contribution is 2.39. The molecule has 0 radical (unpaired) electrons. The summed E-state index contributed by atoms with van der Waals surface area (Å²) in [7, 11) is 0. The SMILES string of the molecule is CCCCCC1CCC(c2ccc(C(F)(F)Oc3ccc(OC(F)F)cc3)cc2)CC1. The van der Waals surface area contributed by atoms with Gasteiger partial charge in [0.05, 0.1) is 5.56 Å². The van der Waals surface area contributed by atoms with Crippen molar-refractivity contribution in [1.82, 2.24) is 0 Å². The van der Waals surface area contributed by atoms with Gasteiger partial charge in [-0.15, -0.1) is 0 Å². The third-order valence-corrected chi connectivity index (χ3v) is 6.08. The van der Waals surface area contributed by atoms with Crippen molar-refractivity contribution in [3.05, 3.63) is 59.7 Å². The lowest BCUT2D eigenvalue weighted by Gasteiger charge is -2.29. The molecule has 0 saturated heterocycles. The smallest absolute Gasteiger partial charge is 0.426 e. The maximum Gasteiger partial charge on any atom is 0.426 e. The number of alkyl halides is 4. The maximum atomic E-state index is 14.6. The highest BCUT2D eigenvalue weighted by Gasteiger charge is 2.35. The normalized spacial score (nSPS) is 19.4. The van der Waals surface area contributed by atoms with Crippen LogP contribution in [0.2, 0.25) is 0 Å². The number of unbranched alkanes of at least 4 members (excludes halogenated alkanes) is 2. The standard InChI is InChI=1S/C25H30F4O2/c1-2-3-4-5-18-6-8-19(9-7-18)20-10-12-21(13-11-20)25(28,29)31-23-16-14-22(15-17-23)30-24(26)27/h10-19,24H,2-9H2,1H3. The van der Waals surface area contributed by atoms with Gasteiger partial charge in [0.25, 0.3) is 0 Å². The Morgan fingerprint density at radius 3 is 2.06 bits per heavy atom. The molecule has 2 aromatic rings. The van der Waals surface area contributed by atoms with E-state index >= 15 is 0 Å². The van der Waals surface area contributed by atoms with Crippen LogP contribution in [0.15, 0.2) is 48.5 Å². The van der Waals surface area contributed by atoms with Crippen molar-refractivity contribution in [2.24, 2.45) is 5.92 Å². The predicted octanol–water partition coefficient (Wildman–Crippen LogP) is 8.27. The van der Waals surface area contributed by atoms with E-state index in [1.54, 1.807) is 12.1 Å². The van der Waals surface area contributed by atoms with Gasteiger partial charge in [-0.2, -0.15) is 17.6 Å². The molecule has 31 heavy (non-hydrogen) atoms. The molecular formula is C25H30F4O2. The molecule has 0 N–H and O–H groups in total. The molecule has 0 aliphatic heterocycles. The Morgan fingerprint density at radius 1 is 0.871 bits per heavy atom. The van der Waals surface area contributed by atoms with Gasteiger partial charge in [-0.3, -0.25) is 0 Å². The highest BCUT2D eigenvalue weighted by atomic mass is 19.3. The number of hydrogen-bond donors (Lipinski definition) is 0. The van der Waals surface area contributed by atoms with E-state index in [4.69, 9.17) is 4.74 Å². The molecule has 2 aromatic carbocycles. The fourth-order valence-corrected chi connectivity index (χ4v) is 4.31. The molecule has 0 unspecified atom stereocenters. The van der Waals surface area contributed by atoms with Crippen LogP contribution in [0.25, 0.3) is 0 Å². The molecule has 170 valence electrons. The van der Waals surface area contributed by atoms with Crippen LogP contribution in [0.1, 0.15) is 75.3 Å². The summed E-state index contributed by atoms with van der Waals surface area (Å²) in [6.07, 6.45) is 6.25. The Labute approximate surface area is 181 Å². The molecule has 1 aliphatic carbocycles. The molecule has 0 bridgehead atoms. The first-order valence-corrected chi connectivity index (χ1v) is 11.1. The van der Waals surface area contributed by atoms with Crippen LogP contribution in [0, 0.1) is 5.92 Å². The summed E-state index contributed by atoms with van der Waals surface area (Å²) in [6, 6.07) is 11.1. The first-order valence-electron chi connectivity index (χ1n) is 11.1. The van der Waals surface area contributed by atoms with Gasteiger partial charge in [-0.25, -0.2) is 0 Å². The summed E-state index contributed by atoms with van der Waals surface area (Å²) in [4.78, 5) is 0. The molecule has 3 rings (SSSR count). The second-order valence-electron chi connectivity index (χ2n) is 8.30. The second-order valence-corrected chi connectivity index (χ2v) is 8.30. The highest BCUT2D eigenvalue weighted by molar-refractivity contribution is 5.33. The Bertz CT molecular complexity index is 782. The summed E-state index contributed by atoms with van der Waals surface area (Å²) in [5.41, 5.74) is 0.859. The van der Waals surface area contributed by atoms with Crippen molar-refractivity contribution in [1.29, 1.82) is 0 Å². The van der Waals surface area contributed by atoms with Gasteiger partial charge in [-0.05, 0) is 79.5 Å². The van der Waals surface area contributed by atoms with Gasteiger partial charge in [0.15, 0.2) is 0 Å². The minimum Gasteiger partial charge on any atom is -0.435 e. The van der Waals surface area contributed by atoms with E-state index in [0.29, 0.717) is 5.92 Å². The number of ether oxygens (including phenoxy) is 2.